The maximum atomic E-state index is 5.88. The topological polar surface area (TPSA) is 33.7 Å². The van der Waals surface area contributed by atoms with E-state index < -0.39 is 0 Å². The highest BCUT2D eigenvalue weighted by Gasteiger charge is 2.28. The molecule has 2 heterocycles. The number of para-hydroxylation sites is 2. The van der Waals surface area contributed by atoms with Crippen LogP contribution in [0.5, 0.6) is 11.5 Å². The van der Waals surface area contributed by atoms with Crippen LogP contribution in [0.3, 0.4) is 0 Å². The molecule has 4 heteroatoms. The van der Waals surface area contributed by atoms with E-state index in [0.717, 1.165) is 36.6 Å². The van der Waals surface area contributed by atoms with Crippen molar-refractivity contribution in [3.63, 3.8) is 0 Å². The molecule has 2 saturated heterocycles. The second-order valence-corrected chi connectivity index (χ2v) is 6.38. The number of hydrogen-bond acceptors (Lipinski definition) is 4. The summed E-state index contributed by atoms with van der Waals surface area (Å²) in [5, 5.41) is 3.66. The van der Waals surface area contributed by atoms with Gasteiger partial charge >= 0.3 is 0 Å². The Hall–Kier alpha value is -1.26. The summed E-state index contributed by atoms with van der Waals surface area (Å²) in [4.78, 5) is 2.53. The first-order valence-electron chi connectivity index (χ1n) is 8.58. The number of ether oxygens (including phenoxy) is 2. The van der Waals surface area contributed by atoms with Gasteiger partial charge in [-0.05, 0) is 63.4 Å². The maximum Gasteiger partial charge on any atom is 0.161 e. The third-order valence-electron chi connectivity index (χ3n) is 5.03. The zero-order valence-corrected chi connectivity index (χ0v) is 13.6. The van der Waals surface area contributed by atoms with Crippen molar-refractivity contribution in [1.82, 2.24) is 10.2 Å². The van der Waals surface area contributed by atoms with E-state index in [4.69, 9.17) is 9.47 Å². The van der Waals surface area contributed by atoms with Crippen molar-refractivity contribution < 1.29 is 9.47 Å². The Morgan fingerprint density at radius 1 is 1.14 bits per heavy atom. The first-order valence-corrected chi connectivity index (χ1v) is 8.58. The monoisotopic (exact) mass is 304 g/mol. The molecule has 122 valence electrons. The van der Waals surface area contributed by atoms with Crippen molar-refractivity contribution in [1.29, 1.82) is 0 Å². The molecule has 1 unspecified atom stereocenters. The first-order chi connectivity index (χ1) is 10.9. The van der Waals surface area contributed by atoms with Crippen LogP contribution < -0.4 is 14.8 Å². The summed E-state index contributed by atoms with van der Waals surface area (Å²) >= 11 is 0. The standard InChI is InChI=1S/C18H28N2O2/c1-21-17-6-2-3-7-18(17)22-14-13-20-11-8-15(9-12-20)16-5-4-10-19-16/h2-3,6-7,15-16,19H,4-5,8-14H2,1H3. The van der Waals surface area contributed by atoms with Gasteiger partial charge in [-0.3, -0.25) is 4.90 Å². The number of hydrogen-bond donors (Lipinski definition) is 1. The van der Waals surface area contributed by atoms with Crippen LogP contribution in [0.15, 0.2) is 24.3 Å². The zero-order chi connectivity index (χ0) is 15.2. The van der Waals surface area contributed by atoms with E-state index in [1.54, 1.807) is 7.11 Å². The summed E-state index contributed by atoms with van der Waals surface area (Å²) in [6, 6.07) is 8.64. The van der Waals surface area contributed by atoms with E-state index in [-0.39, 0.29) is 0 Å². The van der Waals surface area contributed by atoms with Crippen molar-refractivity contribution in [2.45, 2.75) is 31.7 Å². The van der Waals surface area contributed by atoms with Crippen LogP contribution in [-0.2, 0) is 0 Å². The Bertz CT molecular complexity index is 452. The predicted octanol–water partition coefficient (Wildman–Crippen LogP) is 2.54. The smallest absolute Gasteiger partial charge is 0.161 e. The highest BCUT2D eigenvalue weighted by atomic mass is 16.5. The van der Waals surface area contributed by atoms with Crippen LogP contribution in [-0.4, -0.2) is 50.8 Å². The minimum Gasteiger partial charge on any atom is -0.493 e. The average molecular weight is 304 g/mol. The Balaban J connectivity index is 1.38. The summed E-state index contributed by atoms with van der Waals surface area (Å²) in [5.74, 6) is 2.54. The molecule has 22 heavy (non-hydrogen) atoms. The van der Waals surface area contributed by atoms with Crippen molar-refractivity contribution in [3.8, 4) is 11.5 Å². The minimum absolute atomic E-state index is 0.729. The van der Waals surface area contributed by atoms with Crippen LogP contribution in [0.2, 0.25) is 0 Å². The highest BCUT2D eigenvalue weighted by molar-refractivity contribution is 5.39. The molecule has 1 N–H and O–H groups in total. The fourth-order valence-electron chi connectivity index (χ4n) is 3.72. The van der Waals surface area contributed by atoms with Crippen molar-refractivity contribution in [3.05, 3.63) is 24.3 Å². The Kier molecular flexibility index (Phi) is 5.57. The molecule has 3 rings (SSSR count). The van der Waals surface area contributed by atoms with E-state index in [1.807, 2.05) is 24.3 Å². The average Bonchev–Trinajstić information content (AvgIpc) is 3.10. The summed E-state index contributed by atoms with van der Waals surface area (Å²) in [6.07, 6.45) is 5.39. The summed E-state index contributed by atoms with van der Waals surface area (Å²) in [7, 11) is 1.68. The lowest BCUT2D eigenvalue weighted by molar-refractivity contribution is 0.140. The number of nitrogens with one attached hydrogen (secondary N) is 1. The van der Waals surface area contributed by atoms with Crippen LogP contribution in [0.25, 0.3) is 0 Å². The molecule has 0 radical (unpaired) electrons. The molecule has 1 aromatic carbocycles. The first kappa shape index (κ1) is 15.6. The third kappa shape index (κ3) is 3.93. The van der Waals surface area contributed by atoms with Gasteiger partial charge < -0.3 is 14.8 Å². The molecule has 0 aliphatic carbocycles. The Morgan fingerprint density at radius 2 is 1.91 bits per heavy atom. The minimum atomic E-state index is 0.729. The molecule has 1 atom stereocenters. The van der Waals surface area contributed by atoms with E-state index in [9.17, 15) is 0 Å². The second-order valence-electron chi connectivity index (χ2n) is 6.38. The van der Waals surface area contributed by atoms with E-state index in [2.05, 4.69) is 10.2 Å². The van der Waals surface area contributed by atoms with Gasteiger partial charge in [0, 0.05) is 12.6 Å². The number of piperidine rings is 1. The molecule has 2 aliphatic heterocycles. The fraction of sp³-hybridized carbons (Fsp3) is 0.667. The molecule has 2 aliphatic rings. The van der Waals surface area contributed by atoms with Gasteiger partial charge in [0.2, 0.25) is 0 Å². The molecule has 4 nitrogen and oxygen atoms in total. The quantitative estimate of drug-likeness (QED) is 0.876. The molecule has 0 aromatic heterocycles. The molecule has 1 aromatic rings. The number of methoxy groups -OCH3 is 1. The number of nitrogens with zero attached hydrogens (tertiary/aromatic N) is 1. The van der Waals surface area contributed by atoms with Gasteiger partial charge in [0.1, 0.15) is 6.61 Å². The molecule has 0 bridgehead atoms. The zero-order valence-electron chi connectivity index (χ0n) is 13.6. The Morgan fingerprint density at radius 3 is 2.59 bits per heavy atom. The lowest BCUT2D eigenvalue weighted by Gasteiger charge is -2.34. The summed E-state index contributed by atoms with van der Waals surface area (Å²) < 4.78 is 11.2. The molecule has 0 amide bonds. The molecule has 0 saturated carbocycles. The summed E-state index contributed by atoms with van der Waals surface area (Å²) in [6.45, 7) is 5.36. The number of benzene rings is 1. The van der Waals surface area contributed by atoms with Gasteiger partial charge in [0.05, 0.1) is 7.11 Å². The third-order valence-corrected chi connectivity index (χ3v) is 5.03. The van der Waals surface area contributed by atoms with Gasteiger partial charge in [0.15, 0.2) is 11.5 Å². The van der Waals surface area contributed by atoms with E-state index in [1.165, 1.54) is 45.3 Å². The van der Waals surface area contributed by atoms with Gasteiger partial charge in [-0.25, -0.2) is 0 Å². The van der Waals surface area contributed by atoms with E-state index >= 15 is 0 Å². The van der Waals surface area contributed by atoms with Gasteiger partial charge in [-0.15, -0.1) is 0 Å². The number of rotatable bonds is 6. The lowest BCUT2D eigenvalue weighted by Crippen LogP contribution is -2.42. The van der Waals surface area contributed by atoms with Crippen molar-refractivity contribution in [2.24, 2.45) is 5.92 Å². The van der Waals surface area contributed by atoms with Gasteiger partial charge in [0.25, 0.3) is 0 Å². The van der Waals surface area contributed by atoms with Crippen LogP contribution in [0.1, 0.15) is 25.7 Å². The van der Waals surface area contributed by atoms with Gasteiger partial charge in [-0.2, -0.15) is 0 Å². The lowest BCUT2D eigenvalue weighted by atomic mass is 9.88. The normalized spacial score (nSPS) is 23.6. The van der Waals surface area contributed by atoms with Crippen LogP contribution in [0.4, 0.5) is 0 Å². The van der Waals surface area contributed by atoms with Crippen LogP contribution >= 0.6 is 0 Å². The Labute approximate surface area is 133 Å². The largest absolute Gasteiger partial charge is 0.493 e. The molecular weight excluding hydrogens is 276 g/mol. The number of likely N-dealkylation sites (tertiary alicyclic amines) is 1. The maximum absolute atomic E-state index is 5.88. The molecule has 0 spiro atoms. The highest BCUT2D eigenvalue weighted by Crippen LogP contribution is 2.27. The molecular formula is C18H28N2O2. The predicted molar refractivity (Wildman–Crippen MR) is 88.7 cm³/mol. The fourth-order valence-corrected chi connectivity index (χ4v) is 3.72. The molecule has 2 fully saturated rings. The van der Waals surface area contributed by atoms with E-state index in [0.29, 0.717) is 0 Å². The van der Waals surface area contributed by atoms with Crippen molar-refractivity contribution in [2.75, 3.05) is 39.9 Å². The van der Waals surface area contributed by atoms with Crippen molar-refractivity contribution >= 4 is 0 Å². The summed E-state index contributed by atoms with van der Waals surface area (Å²) in [5.41, 5.74) is 0. The SMILES string of the molecule is COc1ccccc1OCCN1CCC(C2CCCN2)CC1. The van der Waals surface area contributed by atoms with Crippen LogP contribution in [0, 0.1) is 5.92 Å². The second kappa shape index (κ2) is 7.84. The van der Waals surface area contributed by atoms with Gasteiger partial charge in [-0.1, -0.05) is 12.1 Å².